The minimum atomic E-state index is -0.981. The van der Waals surface area contributed by atoms with Gasteiger partial charge in [-0.15, -0.1) is 0 Å². The van der Waals surface area contributed by atoms with Gasteiger partial charge in [0, 0.05) is 58.3 Å². The summed E-state index contributed by atoms with van der Waals surface area (Å²) in [4.78, 5) is 50.6. The van der Waals surface area contributed by atoms with Crippen LogP contribution in [0.15, 0.2) is 122 Å². The Morgan fingerprint density at radius 1 is 0.527 bits per heavy atom. The second-order valence-electron chi connectivity index (χ2n) is 12.6. The smallest absolute Gasteiger partial charge is 0.323 e. The Hall–Kier alpha value is -6.19. The standard InChI is InChI=1S/C41H43N9O5/c51-28-9-22-48(23-25-49(27-29-55-54)39-18-7-16-37(46-39)35-14-5-12-33(44-35)31-10-1-3-20-42-31)24-26-50(30-41(52)53)40-19-8-17-38(47-40)36-15-6-13-34(45-36)32-11-2-4-21-43-32/h1-8,10-21,51,54H,9,22-30H2,(H,52,53). The molecule has 0 aliphatic heterocycles. The minimum absolute atomic E-state index is 0.0136. The van der Waals surface area contributed by atoms with Crippen LogP contribution in [0.2, 0.25) is 0 Å². The quantitative estimate of drug-likeness (QED) is 0.0680. The van der Waals surface area contributed by atoms with E-state index in [-0.39, 0.29) is 19.8 Å². The van der Waals surface area contributed by atoms with Crippen molar-refractivity contribution >= 4 is 17.6 Å². The number of anilines is 2. The zero-order chi connectivity index (χ0) is 38.2. The predicted octanol–water partition coefficient (Wildman–Crippen LogP) is 5.30. The lowest BCUT2D eigenvalue weighted by Crippen LogP contribution is -2.42. The van der Waals surface area contributed by atoms with Crippen molar-refractivity contribution in [1.82, 2.24) is 34.8 Å². The van der Waals surface area contributed by atoms with E-state index in [1.54, 1.807) is 23.4 Å². The van der Waals surface area contributed by atoms with Crippen LogP contribution in [0, 0.1) is 0 Å². The maximum Gasteiger partial charge on any atom is 0.323 e. The Labute approximate surface area is 319 Å². The number of aliphatic carboxylic acids is 1. The highest BCUT2D eigenvalue weighted by Crippen LogP contribution is 2.24. The first-order valence-electron chi connectivity index (χ1n) is 18.0. The molecule has 282 valence electrons. The van der Waals surface area contributed by atoms with Crippen LogP contribution < -0.4 is 9.80 Å². The summed E-state index contributed by atoms with van der Waals surface area (Å²) in [5.41, 5.74) is 5.58. The monoisotopic (exact) mass is 741 g/mol. The number of rotatable bonds is 20. The van der Waals surface area contributed by atoms with Crippen molar-refractivity contribution in [3.8, 4) is 45.6 Å². The summed E-state index contributed by atoms with van der Waals surface area (Å²) in [6.45, 7) is 2.69. The summed E-state index contributed by atoms with van der Waals surface area (Å²) in [6.07, 6.45) is 3.99. The van der Waals surface area contributed by atoms with Gasteiger partial charge >= 0.3 is 5.97 Å². The molecule has 0 atom stereocenters. The fourth-order valence-corrected chi connectivity index (χ4v) is 6.04. The molecule has 0 radical (unpaired) electrons. The van der Waals surface area contributed by atoms with Gasteiger partial charge in [-0.05, 0) is 79.2 Å². The number of aliphatic hydroxyl groups excluding tert-OH is 1. The summed E-state index contributed by atoms with van der Waals surface area (Å²) in [5, 5.41) is 28.8. The van der Waals surface area contributed by atoms with Gasteiger partial charge in [-0.25, -0.2) is 24.8 Å². The molecule has 6 aromatic heterocycles. The number of aliphatic hydroxyl groups is 1. The van der Waals surface area contributed by atoms with E-state index in [4.69, 9.17) is 19.9 Å². The highest BCUT2D eigenvalue weighted by atomic mass is 17.1. The molecule has 0 aliphatic carbocycles. The van der Waals surface area contributed by atoms with Crippen LogP contribution in [0.5, 0.6) is 0 Å². The number of aromatic nitrogens is 6. The number of hydrogen-bond donors (Lipinski definition) is 3. The molecular weight excluding hydrogens is 699 g/mol. The highest BCUT2D eigenvalue weighted by Gasteiger charge is 2.18. The lowest BCUT2D eigenvalue weighted by Gasteiger charge is -2.30. The predicted molar refractivity (Wildman–Crippen MR) is 210 cm³/mol. The molecule has 0 spiro atoms. The number of carboxylic acids is 1. The fraction of sp³-hybridized carbons (Fsp3) is 0.244. The van der Waals surface area contributed by atoms with Gasteiger partial charge in [0.25, 0.3) is 0 Å². The summed E-state index contributed by atoms with van der Waals surface area (Å²) in [5.74, 6) is 0.206. The minimum Gasteiger partial charge on any atom is -0.480 e. The van der Waals surface area contributed by atoms with Gasteiger partial charge in [0.15, 0.2) is 0 Å². The summed E-state index contributed by atoms with van der Waals surface area (Å²) in [7, 11) is 0. The number of carboxylic acid groups (broad SMARTS) is 1. The Morgan fingerprint density at radius 3 is 1.45 bits per heavy atom. The van der Waals surface area contributed by atoms with Crippen LogP contribution in [0.3, 0.4) is 0 Å². The largest absolute Gasteiger partial charge is 0.480 e. The molecule has 14 heteroatoms. The first kappa shape index (κ1) is 38.5. The van der Waals surface area contributed by atoms with E-state index in [0.717, 1.165) is 17.1 Å². The van der Waals surface area contributed by atoms with Gasteiger partial charge < -0.3 is 20.0 Å². The molecule has 0 saturated heterocycles. The second kappa shape index (κ2) is 19.8. The first-order valence-corrected chi connectivity index (χ1v) is 18.0. The van der Waals surface area contributed by atoms with E-state index in [9.17, 15) is 20.3 Å². The maximum absolute atomic E-state index is 12.1. The van der Waals surface area contributed by atoms with Gasteiger partial charge in [0.2, 0.25) is 0 Å². The molecule has 0 aromatic carbocycles. The highest BCUT2D eigenvalue weighted by molar-refractivity contribution is 5.73. The van der Waals surface area contributed by atoms with E-state index in [1.165, 1.54) is 0 Å². The zero-order valence-corrected chi connectivity index (χ0v) is 30.3. The summed E-state index contributed by atoms with van der Waals surface area (Å²) in [6, 6.07) is 33.9. The van der Waals surface area contributed by atoms with E-state index >= 15 is 0 Å². The van der Waals surface area contributed by atoms with Crippen LogP contribution in [0.25, 0.3) is 45.6 Å². The Balaban J connectivity index is 1.17. The van der Waals surface area contributed by atoms with Crippen LogP contribution in [0.1, 0.15) is 6.42 Å². The molecule has 0 bridgehead atoms. The lowest BCUT2D eigenvalue weighted by atomic mass is 10.2. The Kier molecular flexibility index (Phi) is 13.8. The molecule has 0 amide bonds. The fourth-order valence-electron chi connectivity index (χ4n) is 6.04. The number of hydrogen-bond acceptors (Lipinski definition) is 13. The van der Waals surface area contributed by atoms with Crippen molar-refractivity contribution in [2.45, 2.75) is 6.42 Å². The topological polar surface area (TPSA) is 174 Å². The second-order valence-corrected chi connectivity index (χ2v) is 12.6. The van der Waals surface area contributed by atoms with Crippen molar-refractivity contribution < 1.29 is 25.2 Å². The van der Waals surface area contributed by atoms with Gasteiger partial charge in [0.05, 0.1) is 52.2 Å². The zero-order valence-electron chi connectivity index (χ0n) is 30.3. The van der Waals surface area contributed by atoms with Crippen molar-refractivity contribution in [3.05, 3.63) is 122 Å². The Morgan fingerprint density at radius 2 is 0.982 bits per heavy atom. The van der Waals surface area contributed by atoms with E-state index in [1.807, 2.05) is 108 Å². The van der Waals surface area contributed by atoms with Crippen molar-refractivity contribution in [3.63, 3.8) is 0 Å². The number of carbonyl (C=O) groups is 1. The van der Waals surface area contributed by atoms with Crippen molar-refractivity contribution in [1.29, 1.82) is 0 Å². The molecule has 0 fully saturated rings. The normalized spacial score (nSPS) is 11.1. The van der Waals surface area contributed by atoms with Crippen LogP contribution in [-0.4, -0.2) is 115 Å². The third-order valence-corrected chi connectivity index (χ3v) is 8.78. The summed E-state index contributed by atoms with van der Waals surface area (Å²) >= 11 is 0. The third kappa shape index (κ3) is 10.9. The average Bonchev–Trinajstić information content (AvgIpc) is 3.24. The molecular formula is C41H43N9O5. The molecule has 14 nitrogen and oxygen atoms in total. The number of pyridine rings is 6. The van der Waals surface area contributed by atoms with Gasteiger partial charge in [0.1, 0.15) is 18.2 Å². The lowest BCUT2D eigenvalue weighted by molar-refractivity contribution is -0.239. The number of nitrogens with zero attached hydrogens (tertiary/aromatic N) is 9. The first-order chi connectivity index (χ1) is 27.0. The van der Waals surface area contributed by atoms with Crippen LogP contribution in [0.4, 0.5) is 11.6 Å². The van der Waals surface area contributed by atoms with E-state index in [0.29, 0.717) is 85.8 Å². The average molecular weight is 742 g/mol. The van der Waals surface area contributed by atoms with E-state index in [2.05, 4.69) is 19.8 Å². The van der Waals surface area contributed by atoms with E-state index < -0.39 is 5.97 Å². The van der Waals surface area contributed by atoms with Crippen LogP contribution >= 0.6 is 0 Å². The van der Waals surface area contributed by atoms with Crippen molar-refractivity contribution in [2.75, 3.05) is 68.8 Å². The van der Waals surface area contributed by atoms with Crippen LogP contribution in [-0.2, 0) is 9.68 Å². The Bertz CT molecular complexity index is 2110. The molecule has 0 saturated carbocycles. The summed E-state index contributed by atoms with van der Waals surface area (Å²) < 4.78 is 0. The molecule has 6 heterocycles. The third-order valence-electron chi connectivity index (χ3n) is 8.78. The molecule has 55 heavy (non-hydrogen) atoms. The van der Waals surface area contributed by atoms with Crippen molar-refractivity contribution in [2.24, 2.45) is 0 Å². The van der Waals surface area contributed by atoms with Gasteiger partial charge in [-0.2, -0.15) is 0 Å². The maximum atomic E-state index is 12.1. The van der Waals surface area contributed by atoms with Gasteiger partial charge in [-0.3, -0.25) is 24.9 Å². The molecule has 0 unspecified atom stereocenters. The molecule has 6 aromatic rings. The molecule has 0 aliphatic rings. The SMILES string of the molecule is O=C(O)CN(CCN(CCCO)CCN(CCOO)c1cccc(-c2cccc(-c3ccccn3)n2)n1)c1cccc(-c2cccc(-c3ccccn3)n2)n1. The molecule has 6 rings (SSSR count). The molecule has 3 N–H and O–H groups in total. The van der Waals surface area contributed by atoms with Gasteiger partial charge in [-0.1, -0.05) is 36.4 Å².